The molecule has 0 spiro atoms. The summed E-state index contributed by atoms with van der Waals surface area (Å²) >= 11 is 3.26. The van der Waals surface area contributed by atoms with E-state index in [-0.39, 0.29) is 11.9 Å². The van der Waals surface area contributed by atoms with Crippen LogP contribution in [0.4, 0.5) is 0 Å². The Hall–Kier alpha value is -1.69. The van der Waals surface area contributed by atoms with Crippen LogP contribution in [0, 0.1) is 0 Å². The molecule has 2 rings (SSSR count). The quantitative estimate of drug-likeness (QED) is 0.877. The van der Waals surface area contributed by atoms with Gasteiger partial charge in [-0.15, -0.1) is 0 Å². The number of pyridine rings is 1. The van der Waals surface area contributed by atoms with Crippen molar-refractivity contribution in [1.82, 2.24) is 20.1 Å². The summed E-state index contributed by atoms with van der Waals surface area (Å²) in [6, 6.07) is 5.31. The van der Waals surface area contributed by atoms with Crippen molar-refractivity contribution in [3.8, 4) is 0 Å². The van der Waals surface area contributed by atoms with Crippen LogP contribution in [0.2, 0.25) is 0 Å². The van der Waals surface area contributed by atoms with Crippen molar-refractivity contribution in [3.05, 3.63) is 47.0 Å². The molecule has 0 fully saturated rings. The van der Waals surface area contributed by atoms with Crippen LogP contribution in [0.15, 0.2) is 41.4 Å². The largest absolute Gasteiger partial charge is 0.348 e. The van der Waals surface area contributed by atoms with Gasteiger partial charge in [0.1, 0.15) is 4.60 Å². The molecule has 2 aromatic heterocycles. The van der Waals surface area contributed by atoms with Crippen molar-refractivity contribution >= 4 is 21.8 Å². The molecule has 1 atom stereocenters. The van der Waals surface area contributed by atoms with Crippen molar-refractivity contribution < 1.29 is 4.79 Å². The average molecular weight is 309 g/mol. The molecule has 94 valence electrons. The molecule has 5 nitrogen and oxygen atoms in total. The summed E-state index contributed by atoms with van der Waals surface area (Å²) < 4.78 is 2.33. The lowest BCUT2D eigenvalue weighted by atomic mass is 10.2. The zero-order valence-electron chi connectivity index (χ0n) is 9.88. The first kappa shape index (κ1) is 12.8. The van der Waals surface area contributed by atoms with Gasteiger partial charge in [-0.25, -0.2) is 4.98 Å². The maximum absolute atomic E-state index is 12.0. The second-order valence-corrected chi connectivity index (χ2v) is 4.70. The van der Waals surface area contributed by atoms with Crippen LogP contribution in [-0.2, 0) is 6.54 Å². The van der Waals surface area contributed by atoms with Crippen molar-refractivity contribution in [1.29, 1.82) is 0 Å². The van der Waals surface area contributed by atoms with Gasteiger partial charge >= 0.3 is 0 Å². The molecule has 2 aromatic rings. The monoisotopic (exact) mass is 308 g/mol. The Morgan fingerprint density at radius 2 is 2.33 bits per heavy atom. The molecule has 6 heteroatoms. The van der Waals surface area contributed by atoms with Gasteiger partial charge in [-0.2, -0.15) is 5.10 Å². The molecule has 2 heterocycles. The molecule has 0 saturated carbocycles. The first-order valence-electron chi connectivity index (χ1n) is 5.55. The zero-order chi connectivity index (χ0) is 13.0. The van der Waals surface area contributed by atoms with Crippen molar-refractivity contribution in [2.45, 2.75) is 19.5 Å². The fourth-order valence-electron chi connectivity index (χ4n) is 1.59. The van der Waals surface area contributed by atoms with Crippen LogP contribution in [0.5, 0.6) is 0 Å². The first-order chi connectivity index (χ1) is 8.66. The molecule has 0 aliphatic heterocycles. The third kappa shape index (κ3) is 3.16. The Balaban J connectivity index is 1.97. The molecule has 1 amide bonds. The van der Waals surface area contributed by atoms with Crippen molar-refractivity contribution in [2.75, 3.05) is 0 Å². The number of amides is 1. The van der Waals surface area contributed by atoms with E-state index in [0.717, 1.165) is 0 Å². The molecule has 0 saturated heterocycles. The molecular formula is C12H13BrN4O. The Morgan fingerprint density at radius 3 is 3.00 bits per heavy atom. The maximum Gasteiger partial charge on any atom is 0.254 e. The summed E-state index contributed by atoms with van der Waals surface area (Å²) in [5, 5.41) is 7.00. The number of hydrogen-bond donors (Lipinski definition) is 1. The van der Waals surface area contributed by atoms with Crippen LogP contribution in [0.3, 0.4) is 0 Å². The van der Waals surface area contributed by atoms with Gasteiger partial charge in [-0.1, -0.05) is 0 Å². The van der Waals surface area contributed by atoms with Gasteiger partial charge in [0.25, 0.3) is 5.91 Å². The maximum atomic E-state index is 12.0. The summed E-state index contributed by atoms with van der Waals surface area (Å²) in [7, 11) is 0. The molecule has 1 N–H and O–H groups in total. The van der Waals surface area contributed by atoms with Crippen LogP contribution in [0.25, 0.3) is 0 Å². The minimum absolute atomic E-state index is 0.00972. The lowest BCUT2D eigenvalue weighted by molar-refractivity contribution is 0.0935. The number of nitrogens with one attached hydrogen (secondary N) is 1. The summed E-state index contributed by atoms with van der Waals surface area (Å²) in [4.78, 5) is 16.0. The average Bonchev–Trinajstić information content (AvgIpc) is 2.82. The Bertz CT molecular complexity index is 527. The number of nitrogens with zero attached hydrogens (tertiary/aromatic N) is 3. The highest BCUT2D eigenvalue weighted by Crippen LogP contribution is 2.12. The molecule has 0 bridgehead atoms. The second-order valence-electron chi connectivity index (χ2n) is 3.94. The van der Waals surface area contributed by atoms with E-state index in [1.807, 2.05) is 19.2 Å². The van der Waals surface area contributed by atoms with E-state index in [4.69, 9.17) is 0 Å². The first-order valence-corrected chi connectivity index (χ1v) is 6.35. The number of hydrogen-bond acceptors (Lipinski definition) is 3. The minimum Gasteiger partial charge on any atom is -0.348 e. The topological polar surface area (TPSA) is 59.8 Å². The minimum atomic E-state index is -0.144. The lowest BCUT2D eigenvalue weighted by Gasteiger charge is -2.14. The normalized spacial score (nSPS) is 12.1. The second kappa shape index (κ2) is 5.77. The SMILES string of the molecule is CC(Cn1cccn1)NC(=O)c1cccnc1Br. The Kier molecular flexibility index (Phi) is 4.09. The molecule has 18 heavy (non-hydrogen) atoms. The fraction of sp³-hybridized carbons (Fsp3) is 0.250. The van der Waals surface area contributed by atoms with Crippen LogP contribution in [-0.4, -0.2) is 26.7 Å². The molecule has 0 aliphatic rings. The van der Waals surface area contributed by atoms with E-state index < -0.39 is 0 Å². The molecule has 0 aromatic carbocycles. The smallest absolute Gasteiger partial charge is 0.254 e. The number of carbonyl (C=O) groups is 1. The predicted molar refractivity (Wildman–Crippen MR) is 71.1 cm³/mol. The van der Waals surface area contributed by atoms with E-state index in [0.29, 0.717) is 16.7 Å². The summed E-state index contributed by atoms with van der Waals surface area (Å²) in [6.07, 6.45) is 5.21. The van der Waals surface area contributed by atoms with E-state index in [1.165, 1.54) is 0 Å². The third-order valence-electron chi connectivity index (χ3n) is 2.40. The van der Waals surface area contributed by atoms with Crippen molar-refractivity contribution in [2.24, 2.45) is 0 Å². The Labute approximate surface area is 113 Å². The van der Waals surface area contributed by atoms with Crippen molar-refractivity contribution in [3.63, 3.8) is 0 Å². The number of rotatable bonds is 4. The van der Waals surface area contributed by atoms with E-state index in [1.54, 1.807) is 29.2 Å². The van der Waals surface area contributed by atoms with Gasteiger partial charge in [-0.3, -0.25) is 9.48 Å². The number of halogens is 1. The van der Waals surface area contributed by atoms with E-state index >= 15 is 0 Å². The van der Waals surface area contributed by atoms with Gasteiger partial charge in [0.15, 0.2) is 0 Å². The molecule has 0 radical (unpaired) electrons. The number of aromatic nitrogens is 3. The van der Waals surface area contributed by atoms with Crippen LogP contribution < -0.4 is 5.32 Å². The standard InChI is InChI=1S/C12H13BrN4O/c1-9(8-17-7-3-6-15-17)16-12(18)10-4-2-5-14-11(10)13/h2-7,9H,8H2,1H3,(H,16,18). The highest BCUT2D eigenvalue weighted by Gasteiger charge is 2.13. The highest BCUT2D eigenvalue weighted by molar-refractivity contribution is 9.10. The molecule has 0 aliphatic carbocycles. The van der Waals surface area contributed by atoms with Crippen LogP contribution >= 0.6 is 15.9 Å². The van der Waals surface area contributed by atoms with E-state index in [9.17, 15) is 4.79 Å². The third-order valence-corrected chi connectivity index (χ3v) is 3.03. The zero-order valence-corrected chi connectivity index (χ0v) is 11.5. The van der Waals surface area contributed by atoms with E-state index in [2.05, 4.69) is 31.3 Å². The number of carbonyl (C=O) groups excluding carboxylic acids is 1. The van der Waals surface area contributed by atoms with Gasteiger partial charge < -0.3 is 5.32 Å². The molecule has 1 unspecified atom stereocenters. The van der Waals surface area contributed by atoms with Gasteiger partial charge in [0.2, 0.25) is 0 Å². The van der Waals surface area contributed by atoms with Gasteiger partial charge in [0.05, 0.1) is 12.1 Å². The van der Waals surface area contributed by atoms with Crippen LogP contribution in [0.1, 0.15) is 17.3 Å². The summed E-state index contributed by atoms with van der Waals surface area (Å²) in [6.45, 7) is 2.57. The molecular weight excluding hydrogens is 296 g/mol. The Morgan fingerprint density at radius 1 is 1.50 bits per heavy atom. The lowest BCUT2D eigenvalue weighted by Crippen LogP contribution is -2.36. The summed E-state index contributed by atoms with van der Waals surface area (Å²) in [5.41, 5.74) is 0.532. The predicted octanol–water partition coefficient (Wildman–Crippen LogP) is 1.86. The summed E-state index contributed by atoms with van der Waals surface area (Å²) in [5.74, 6) is -0.144. The van der Waals surface area contributed by atoms with Gasteiger partial charge in [-0.05, 0) is 41.1 Å². The highest BCUT2D eigenvalue weighted by atomic mass is 79.9. The fourth-order valence-corrected chi connectivity index (χ4v) is 2.02. The van der Waals surface area contributed by atoms with Gasteiger partial charge in [0, 0.05) is 24.6 Å².